The van der Waals surface area contributed by atoms with E-state index in [-0.39, 0.29) is 43.0 Å². The fraction of sp³-hybridized carbons (Fsp3) is 0.344. The van der Waals surface area contributed by atoms with Gasteiger partial charge in [0.25, 0.3) is 5.91 Å². The largest absolute Gasteiger partial charge is 0.394 e. The summed E-state index contributed by atoms with van der Waals surface area (Å²) in [5.74, 6) is -0.433. The second-order valence-electron chi connectivity index (χ2n) is 10.9. The van der Waals surface area contributed by atoms with Crippen molar-refractivity contribution >= 4 is 26.8 Å². The molecule has 0 bridgehead atoms. The average Bonchev–Trinajstić information content (AvgIpc) is 3.28. The first-order valence-corrected chi connectivity index (χ1v) is 15.3. The molecular formula is C32H37N3O5S. The van der Waals surface area contributed by atoms with Crippen molar-refractivity contribution in [3.8, 4) is 11.1 Å². The highest BCUT2D eigenvalue weighted by atomic mass is 32.2. The van der Waals surface area contributed by atoms with Gasteiger partial charge in [0, 0.05) is 49.6 Å². The van der Waals surface area contributed by atoms with Gasteiger partial charge in [-0.1, -0.05) is 67.6 Å². The van der Waals surface area contributed by atoms with Gasteiger partial charge in [0.05, 0.1) is 30.3 Å². The van der Waals surface area contributed by atoms with Crippen LogP contribution in [0.4, 0.5) is 0 Å². The number of aromatic nitrogens is 1. The van der Waals surface area contributed by atoms with Crippen molar-refractivity contribution in [3.63, 3.8) is 0 Å². The molecule has 1 N–H and O–H groups in total. The van der Waals surface area contributed by atoms with Gasteiger partial charge in [-0.05, 0) is 36.2 Å². The number of fused-ring (bicyclic) bond motifs is 5. The summed E-state index contributed by atoms with van der Waals surface area (Å²) >= 11 is 0. The summed E-state index contributed by atoms with van der Waals surface area (Å²) in [7, 11) is -0.295. The van der Waals surface area contributed by atoms with Crippen LogP contribution in [0.5, 0.6) is 0 Å². The van der Waals surface area contributed by atoms with Crippen molar-refractivity contribution in [3.05, 3.63) is 90.1 Å². The first-order valence-electron chi connectivity index (χ1n) is 13.9. The van der Waals surface area contributed by atoms with Gasteiger partial charge < -0.3 is 19.3 Å². The van der Waals surface area contributed by atoms with Crippen LogP contribution in [-0.2, 0) is 28.4 Å². The highest BCUT2D eigenvalue weighted by Crippen LogP contribution is 2.38. The Morgan fingerprint density at radius 1 is 1.02 bits per heavy atom. The second kappa shape index (κ2) is 11.8. The molecule has 4 aromatic rings. The maximum atomic E-state index is 14.4. The zero-order valence-electron chi connectivity index (χ0n) is 23.9. The van der Waals surface area contributed by atoms with E-state index in [2.05, 4.69) is 0 Å². The van der Waals surface area contributed by atoms with E-state index in [1.54, 1.807) is 42.3 Å². The number of sulfonamides is 1. The van der Waals surface area contributed by atoms with E-state index in [4.69, 9.17) is 4.74 Å². The third kappa shape index (κ3) is 5.42. The standard InChI is InChI=1S/C32H37N3O5S/c1-22-18-35(23(2)20-36)32(37)31-30(27-16-10-11-17-28(27)34(31)4)26-15-9-8-12-24(26)21-40-29(22)19-33(3)41(38,39)25-13-6-5-7-14-25/h5-17,22-23,29,36H,18-21H2,1-4H3/t22-,23-,29-/m1/s1. The Balaban J connectivity index is 1.61. The minimum Gasteiger partial charge on any atom is -0.394 e. The first kappa shape index (κ1) is 29.0. The van der Waals surface area contributed by atoms with Crippen molar-refractivity contribution in [2.24, 2.45) is 13.0 Å². The molecule has 1 aliphatic rings. The molecule has 8 nitrogen and oxygen atoms in total. The number of para-hydroxylation sites is 1. The number of rotatable bonds is 6. The lowest BCUT2D eigenvalue weighted by atomic mass is 9.96. The van der Waals surface area contributed by atoms with Gasteiger partial charge in [-0.2, -0.15) is 4.31 Å². The molecule has 1 amide bonds. The topological polar surface area (TPSA) is 92.1 Å². The Kier molecular flexibility index (Phi) is 8.33. The molecule has 3 atom stereocenters. The van der Waals surface area contributed by atoms with Gasteiger partial charge >= 0.3 is 0 Å². The van der Waals surface area contributed by atoms with E-state index in [0.29, 0.717) is 5.69 Å². The molecule has 5 rings (SSSR count). The fourth-order valence-electron chi connectivity index (χ4n) is 5.65. The average molecular weight is 576 g/mol. The van der Waals surface area contributed by atoms with Crippen molar-refractivity contribution < 1.29 is 23.1 Å². The molecule has 0 aliphatic carbocycles. The van der Waals surface area contributed by atoms with Crippen LogP contribution < -0.4 is 0 Å². The lowest BCUT2D eigenvalue weighted by molar-refractivity contribution is -0.0147. The van der Waals surface area contributed by atoms with Gasteiger partial charge in [0.1, 0.15) is 5.69 Å². The van der Waals surface area contributed by atoms with Crippen LogP contribution in [0.2, 0.25) is 0 Å². The molecule has 0 saturated heterocycles. The number of amides is 1. The number of carbonyl (C=O) groups excluding carboxylic acids is 1. The van der Waals surface area contributed by atoms with Crippen molar-refractivity contribution in [2.75, 3.05) is 26.7 Å². The van der Waals surface area contributed by atoms with Crippen LogP contribution in [0.3, 0.4) is 0 Å². The highest BCUT2D eigenvalue weighted by molar-refractivity contribution is 7.89. The smallest absolute Gasteiger partial charge is 0.271 e. The van der Waals surface area contributed by atoms with Crippen molar-refractivity contribution in [1.82, 2.24) is 13.8 Å². The number of hydrogen-bond acceptors (Lipinski definition) is 5. The normalized spacial score (nSPS) is 19.1. The minimum absolute atomic E-state index is 0.103. The third-order valence-corrected chi connectivity index (χ3v) is 9.95. The number of hydrogen-bond donors (Lipinski definition) is 1. The van der Waals surface area contributed by atoms with Crippen LogP contribution in [0, 0.1) is 5.92 Å². The Hall–Kier alpha value is -3.50. The summed E-state index contributed by atoms with van der Waals surface area (Å²) < 4.78 is 36.5. The Morgan fingerprint density at radius 3 is 2.41 bits per heavy atom. The van der Waals surface area contributed by atoms with Crippen LogP contribution in [0.1, 0.15) is 29.9 Å². The molecule has 0 saturated carbocycles. The molecule has 0 fully saturated rings. The zero-order valence-corrected chi connectivity index (χ0v) is 24.7. The van der Waals surface area contributed by atoms with Crippen LogP contribution in [-0.4, -0.2) is 72.1 Å². The summed E-state index contributed by atoms with van der Waals surface area (Å²) in [6, 6.07) is 23.7. The minimum atomic E-state index is -3.75. The van der Waals surface area contributed by atoms with Gasteiger partial charge in [-0.3, -0.25) is 4.79 Å². The van der Waals surface area contributed by atoms with Gasteiger partial charge in [0.2, 0.25) is 10.0 Å². The first-order chi connectivity index (χ1) is 19.6. The number of likely N-dealkylation sites (N-methyl/N-ethyl adjacent to an activating group) is 1. The Labute approximate surface area is 241 Å². The van der Waals surface area contributed by atoms with E-state index in [0.717, 1.165) is 27.6 Å². The molecule has 9 heteroatoms. The van der Waals surface area contributed by atoms with Gasteiger partial charge in [-0.15, -0.1) is 0 Å². The summed E-state index contributed by atoms with van der Waals surface area (Å²) in [4.78, 5) is 16.3. The summed E-state index contributed by atoms with van der Waals surface area (Å²) in [5, 5.41) is 11.1. The number of benzene rings is 3. The Morgan fingerprint density at radius 2 is 1.68 bits per heavy atom. The SMILES string of the molecule is C[C@@H]1CN([C@H](C)CO)C(=O)c2c(c3ccccc3n2C)-c2ccccc2CO[C@@H]1CN(C)S(=O)(=O)c1ccccc1. The lowest BCUT2D eigenvalue weighted by Crippen LogP contribution is -2.48. The second-order valence-corrected chi connectivity index (χ2v) is 12.9. The molecule has 0 spiro atoms. The number of aliphatic hydroxyl groups is 1. The number of aryl methyl sites for hydroxylation is 1. The van der Waals surface area contributed by atoms with Crippen LogP contribution >= 0.6 is 0 Å². The van der Waals surface area contributed by atoms with E-state index >= 15 is 0 Å². The number of ether oxygens (including phenoxy) is 1. The molecule has 1 aromatic heterocycles. The fourth-order valence-corrected chi connectivity index (χ4v) is 6.85. The molecular weight excluding hydrogens is 538 g/mol. The maximum Gasteiger partial charge on any atom is 0.271 e. The molecule has 41 heavy (non-hydrogen) atoms. The molecule has 1 aliphatic heterocycles. The van der Waals surface area contributed by atoms with Gasteiger partial charge in [-0.25, -0.2) is 8.42 Å². The third-order valence-electron chi connectivity index (χ3n) is 8.11. The number of nitrogens with zero attached hydrogens (tertiary/aromatic N) is 3. The van der Waals surface area contributed by atoms with E-state index < -0.39 is 22.2 Å². The van der Waals surface area contributed by atoms with Gasteiger partial charge in [0.15, 0.2) is 0 Å². The quantitative estimate of drug-likeness (QED) is 0.365. The Bertz CT molecular complexity index is 1650. The number of carbonyl (C=O) groups is 1. The lowest BCUT2D eigenvalue weighted by Gasteiger charge is -2.35. The van der Waals surface area contributed by atoms with E-state index in [1.165, 1.54) is 4.31 Å². The molecule has 2 heterocycles. The maximum absolute atomic E-state index is 14.4. The molecule has 3 aromatic carbocycles. The molecule has 216 valence electrons. The zero-order chi connectivity index (χ0) is 29.3. The van der Waals surface area contributed by atoms with Crippen molar-refractivity contribution in [1.29, 1.82) is 0 Å². The number of aliphatic hydroxyl groups excluding tert-OH is 1. The van der Waals surface area contributed by atoms with E-state index in [1.807, 2.05) is 74.0 Å². The summed E-state index contributed by atoms with van der Waals surface area (Å²) in [6.07, 6.45) is -0.523. The van der Waals surface area contributed by atoms with Crippen molar-refractivity contribution in [2.45, 2.75) is 37.5 Å². The molecule has 0 unspecified atom stereocenters. The monoisotopic (exact) mass is 575 g/mol. The predicted molar refractivity (Wildman–Crippen MR) is 160 cm³/mol. The predicted octanol–water partition coefficient (Wildman–Crippen LogP) is 4.52. The van der Waals surface area contributed by atoms with Crippen LogP contribution in [0.25, 0.3) is 22.0 Å². The summed E-state index contributed by atoms with van der Waals surface area (Å²) in [5.41, 5.74) is 4.12. The highest BCUT2D eigenvalue weighted by Gasteiger charge is 2.34. The van der Waals surface area contributed by atoms with Crippen LogP contribution in [0.15, 0.2) is 83.8 Å². The van der Waals surface area contributed by atoms with E-state index in [9.17, 15) is 18.3 Å². The molecule has 0 radical (unpaired) electrons. The summed E-state index contributed by atoms with van der Waals surface area (Å²) in [6.45, 7) is 4.21.